The van der Waals surface area contributed by atoms with Crippen molar-refractivity contribution in [2.45, 2.75) is 50.9 Å². The highest BCUT2D eigenvalue weighted by Crippen LogP contribution is 2.19. The fourth-order valence-corrected chi connectivity index (χ4v) is 2.65. The van der Waals surface area contributed by atoms with Gasteiger partial charge in [0.1, 0.15) is 12.1 Å². The summed E-state index contributed by atoms with van der Waals surface area (Å²) in [5.74, 6) is -0.199. The third kappa shape index (κ3) is 3.45. The zero-order chi connectivity index (χ0) is 13.8. The van der Waals surface area contributed by atoms with Crippen LogP contribution in [0.25, 0.3) is 0 Å². The Bertz CT molecular complexity index is 342. The topological polar surface area (TPSA) is 84.7 Å². The lowest BCUT2D eigenvalue weighted by Gasteiger charge is -2.22. The number of amides is 2. The van der Waals surface area contributed by atoms with E-state index in [4.69, 9.17) is 10.5 Å². The number of carbonyl (C=O) groups is 2. The van der Waals surface area contributed by atoms with Gasteiger partial charge in [0, 0.05) is 19.6 Å². The van der Waals surface area contributed by atoms with Gasteiger partial charge in [-0.2, -0.15) is 0 Å². The van der Waals surface area contributed by atoms with Crippen molar-refractivity contribution >= 4 is 11.8 Å². The van der Waals surface area contributed by atoms with E-state index in [0.717, 1.165) is 32.4 Å². The van der Waals surface area contributed by atoms with E-state index in [1.54, 1.807) is 6.92 Å². The Labute approximate surface area is 113 Å². The molecule has 2 rings (SSSR count). The molecule has 2 heterocycles. The second-order valence-electron chi connectivity index (χ2n) is 5.32. The molecule has 0 radical (unpaired) electrons. The van der Waals surface area contributed by atoms with Crippen molar-refractivity contribution in [3.8, 4) is 0 Å². The minimum atomic E-state index is -0.480. The van der Waals surface area contributed by atoms with Crippen LogP contribution in [-0.2, 0) is 14.3 Å². The minimum Gasteiger partial charge on any atom is -0.364 e. The van der Waals surface area contributed by atoms with Crippen molar-refractivity contribution in [2.75, 3.05) is 19.6 Å². The Balaban J connectivity index is 1.79. The highest BCUT2D eigenvalue weighted by molar-refractivity contribution is 5.89. The number of ether oxygens (including phenoxy) is 1. The fraction of sp³-hybridized carbons (Fsp3) is 0.846. The van der Waals surface area contributed by atoms with Gasteiger partial charge in [0.15, 0.2) is 0 Å². The molecule has 6 heteroatoms. The van der Waals surface area contributed by atoms with Crippen molar-refractivity contribution in [1.29, 1.82) is 0 Å². The van der Waals surface area contributed by atoms with Gasteiger partial charge in [0.05, 0.1) is 6.10 Å². The van der Waals surface area contributed by atoms with Gasteiger partial charge in [0.25, 0.3) is 0 Å². The van der Waals surface area contributed by atoms with Crippen molar-refractivity contribution < 1.29 is 14.3 Å². The van der Waals surface area contributed by atoms with Crippen molar-refractivity contribution in [3.05, 3.63) is 0 Å². The van der Waals surface area contributed by atoms with Crippen LogP contribution in [0.1, 0.15) is 32.6 Å². The zero-order valence-electron chi connectivity index (χ0n) is 11.4. The second kappa shape index (κ2) is 6.34. The number of hydrogen-bond acceptors (Lipinski definition) is 4. The molecular weight excluding hydrogens is 246 g/mol. The molecule has 2 saturated heterocycles. The van der Waals surface area contributed by atoms with Crippen LogP contribution in [-0.4, -0.2) is 54.6 Å². The van der Waals surface area contributed by atoms with Crippen LogP contribution >= 0.6 is 0 Å². The fourth-order valence-electron chi connectivity index (χ4n) is 2.65. The maximum absolute atomic E-state index is 12.1. The number of nitrogens with zero attached hydrogens (tertiary/aromatic N) is 1. The molecule has 108 valence electrons. The Hall–Kier alpha value is -1.14. The summed E-state index contributed by atoms with van der Waals surface area (Å²) in [6, 6.07) is -0.480. The maximum Gasteiger partial charge on any atom is 0.249 e. The first-order chi connectivity index (χ1) is 9.11. The van der Waals surface area contributed by atoms with E-state index in [9.17, 15) is 9.59 Å². The molecule has 0 aromatic rings. The van der Waals surface area contributed by atoms with E-state index in [1.165, 1.54) is 0 Å². The highest BCUT2D eigenvalue weighted by Gasteiger charge is 2.32. The summed E-state index contributed by atoms with van der Waals surface area (Å²) in [7, 11) is 0. The number of nitrogens with two attached hydrogens (primary N) is 1. The van der Waals surface area contributed by atoms with E-state index in [1.807, 2.05) is 4.90 Å². The summed E-state index contributed by atoms with van der Waals surface area (Å²) < 4.78 is 5.52. The lowest BCUT2D eigenvalue weighted by Crippen LogP contribution is -2.48. The van der Waals surface area contributed by atoms with Gasteiger partial charge in [-0.05, 0) is 32.6 Å². The normalized spacial score (nSPS) is 28.4. The van der Waals surface area contributed by atoms with Crippen molar-refractivity contribution in [2.24, 2.45) is 5.73 Å². The SMILES string of the molecule is CC(NC(=O)C1CCC(CN)O1)C(=O)N1CCCC1. The van der Waals surface area contributed by atoms with Gasteiger partial charge in [-0.15, -0.1) is 0 Å². The number of rotatable bonds is 4. The van der Waals surface area contributed by atoms with E-state index in [2.05, 4.69) is 5.32 Å². The molecule has 3 unspecified atom stereocenters. The second-order valence-corrected chi connectivity index (χ2v) is 5.32. The van der Waals surface area contributed by atoms with Crippen LogP contribution in [0.4, 0.5) is 0 Å². The molecule has 2 fully saturated rings. The van der Waals surface area contributed by atoms with Gasteiger partial charge in [0.2, 0.25) is 11.8 Å². The standard InChI is InChI=1S/C13H23N3O3/c1-9(13(18)16-6-2-3-7-16)15-12(17)11-5-4-10(8-14)19-11/h9-11H,2-8,14H2,1H3,(H,15,17). The predicted molar refractivity (Wildman–Crippen MR) is 70.4 cm³/mol. The Morgan fingerprint density at radius 3 is 2.63 bits per heavy atom. The van der Waals surface area contributed by atoms with E-state index >= 15 is 0 Å². The minimum absolute atomic E-state index is 0.000721. The van der Waals surface area contributed by atoms with Crippen LogP contribution < -0.4 is 11.1 Å². The van der Waals surface area contributed by atoms with Crippen LogP contribution in [0.3, 0.4) is 0 Å². The Kier molecular flexibility index (Phi) is 4.76. The third-order valence-corrected chi connectivity index (χ3v) is 3.81. The Morgan fingerprint density at radius 2 is 2.05 bits per heavy atom. The molecule has 2 aliphatic rings. The molecule has 0 spiro atoms. The van der Waals surface area contributed by atoms with Crippen LogP contribution in [0.2, 0.25) is 0 Å². The third-order valence-electron chi connectivity index (χ3n) is 3.81. The molecule has 0 aromatic carbocycles. The van der Waals surface area contributed by atoms with Gasteiger partial charge in [-0.3, -0.25) is 9.59 Å². The molecule has 6 nitrogen and oxygen atoms in total. The number of carbonyl (C=O) groups excluding carboxylic acids is 2. The predicted octanol–water partition coefficient (Wildman–Crippen LogP) is -0.380. The molecular formula is C13H23N3O3. The number of hydrogen-bond donors (Lipinski definition) is 2. The summed E-state index contributed by atoms with van der Waals surface area (Å²) >= 11 is 0. The summed E-state index contributed by atoms with van der Waals surface area (Å²) in [6.07, 6.45) is 3.11. The van der Waals surface area contributed by atoms with Crippen molar-refractivity contribution in [3.63, 3.8) is 0 Å². The Morgan fingerprint density at radius 1 is 1.37 bits per heavy atom. The molecule has 2 aliphatic heterocycles. The molecule has 3 N–H and O–H groups in total. The summed E-state index contributed by atoms with van der Waals surface area (Å²) in [4.78, 5) is 25.9. The molecule has 19 heavy (non-hydrogen) atoms. The van der Waals surface area contributed by atoms with E-state index < -0.39 is 12.1 Å². The first kappa shape index (κ1) is 14.3. The number of likely N-dealkylation sites (tertiary alicyclic amines) is 1. The molecule has 0 bridgehead atoms. The van der Waals surface area contributed by atoms with Crippen LogP contribution in [0, 0.1) is 0 Å². The van der Waals surface area contributed by atoms with Gasteiger partial charge in [-0.1, -0.05) is 0 Å². The highest BCUT2D eigenvalue weighted by atomic mass is 16.5. The summed E-state index contributed by atoms with van der Waals surface area (Å²) in [5.41, 5.74) is 5.51. The molecule has 2 amide bonds. The number of nitrogens with one attached hydrogen (secondary N) is 1. The lowest BCUT2D eigenvalue weighted by atomic mass is 10.2. The van der Waals surface area contributed by atoms with Gasteiger partial charge >= 0.3 is 0 Å². The quantitative estimate of drug-likeness (QED) is 0.728. The molecule has 0 aromatic heterocycles. The lowest BCUT2D eigenvalue weighted by molar-refractivity contribution is -0.139. The molecule has 0 aliphatic carbocycles. The first-order valence-corrected chi connectivity index (χ1v) is 7.06. The maximum atomic E-state index is 12.1. The smallest absolute Gasteiger partial charge is 0.249 e. The van der Waals surface area contributed by atoms with Crippen LogP contribution in [0.15, 0.2) is 0 Å². The van der Waals surface area contributed by atoms with Crippen LogP contribution in [0.5, 0.6) is 0 Å². The average molecular weight is 269 g/mol. The monoisotopic (exact) mass is 269 g/mol. The van der Waals surface area contributed by atoms with E-state index in [-0.39, 0.29) is 17.9 Å². The first-order valence-electron chi connectivity index (χ1n) is 7.06. The average Bonchev–Trinajstić information content (AvgIpc) is 3.08. The molecule has 3 atom stereocenters. The van der Waals surface area contributed by atoms with E-state index in [0.29, 0.717) is 13.0 Å². The zero-order valence-corrected chi connectivity index (χ0v) is 11.4. The summed E-state index contributed by atoms with van der Waals surface area (Å²) in [5, 5.41) is 2.75. The summed E-state index contributed by atoms with van der Waals surface area (Å²) in [6.45, 7) is 3.77. The molecule has 0 saturated carbocycles. The largest absolute Gasteiger partial charge is 0.364 e. The van der Waals surface area contributed by atoms with Gasteiger partial charge < -0.3 is 20.7 Å². The van der Waals surface area contributed by atoms with Crippen molar-refractivity contribution in [1.82, 2.24) is 10.2 Å². The van der Waals surface area contributed by atoms with Gasteiger partial charge in [-0.25, -0.2) is 0 Å².